The molecule has 0 saturated carbocycles. The maximum Gasteiger partial charge on any atom is 0.488 e. The average molecular weight is 1340 g/mol. The summed E-state index contributed by atoms with van der Waals surface area (Å²) < 4.78 is 52.2. The van der Waals surface area contributed by atoms with Crippen LogP contribution in [-0.4, -0.2) is 157 Å². The summed E-state index contributed by atoms with van der Waals surface area (Å²) in [5.41, 5.74) is 11.0. The molecule has 0 spiro atoms. The van der Waals surface area contributed by atoms with Crippen molar-refractivity contribution in [1.29, 1.82) is 0 Å². The number of nitrogens with one attached hydrogen (secondary N) is 2. The molecule has 0 unspecified atom stereocenters. The molecule has 0 atom stereocenters. The van der Waals surface area contributed by atoms with Crippen molar-refractivity contribution in [2.45, 2.75) is 34.7 Å². The number of nitrogens with two attached hydrogens (primary N) is 1. The van der Waals surface area contributed by atoms with E-state index in [-0.39, 0.29) is 0 Å². The quantitative estimate of drug-likeness (QED) is 0.0154. The van der Waals surface area contributed by atoms with Gasteiger partial charge in [-0.2, -0.15) is 0 Å². The first-order chi connectivity index (χ1) is 43.0. The van der Waals surface area contributed by atoms with Crippen LogP contribution in [0.25, 0.3) is 11.3 Å². The van der Waals surface area contributed by atoms with E-state index >= 15 is 0 Å². The Labute approximate surface area is 548 Å². The molecule has 0 radical (unpaired) electrons. The molecule has 0 aliphatic carbocycles. The standard InChI is InChI=1S/C23H27N3O4S.C15H18ClN3O2S.C10H15NO2.C8H11BO4.C5H4Cl2N2S/c1-27-18-8-6-15(12-20(18)29-3)10-11-24-22-14-17(25-23(26-22)31-5)16-7-9-19(28-2)21(13-16)30-4;1-20-11-5-4-10(8-12(11)21-2)6-7-17-14-9-13(16)18-15(19-14)22-3;1-12-9-4-3-8(5-6-11)7-10(9)13-2;1-12-7-4-3-6(9(10)11)5-8(7)13-2;1-10-5-8-3(6)2-4(7)9-5/h6-9,12-14H,10-11H2,1-5H3,(H,24,25,26);4-5,8-9H,6-7H2,1-3H3,(H,17,18,19);3-4,7H,5-6,11H2,1-2H3;3-5,10-11H,1-2H3;2H,1H3. The molecule has 478 valence electrons. The van der Waals surface area contributed by atoms with Crippen molar-refractivity contribution < 1.29 is 57.4 Å². The van der Waals surface area contributed by atoms with Gasteiger partial charge < -0.3 is 73.8 Å². The second-order valence-corrected chi connectivity index (χ2v) is 21.2. The van der Waals surface area contributed by atoms with Crippen LogP contribution in [0.15, 0.2) is 125 Å². The molecule has 5 aromatic carbocycles. The lowest BCUT2D eigenvalue weighted by atomic mass is 9.80. The average Bonchev–Trinajstić information content (AvgIpc) is 3.76. The maximum atomic E-state index is 8.87. The number of methoxy groups -OCH3 is 10. The fraction of sp³-hybridized carbons (Fsp3) is 0.311. The molecule has 0 saturated heterocycles. The second-order valence-electron chi connectivity index (χ2n) is 17.7. The molecule has 89 heavy (non-hydrogen) atoms. The van der Waals surface area contributed by atoms with Gasteiger partial charge in [-0.25, -0.2) is 29.9 Å². The zero-order valence-electron chi connectivity index (χ0n) is 51.8. The number of anilines is 2. The molecule has 0 amide bonds. The summed E-state index contributed by atoms with van der Waals surface area (Å²) in [5.74, 6) is 8.29. The van der Waals surface area contributed by atoms with E-state index in [2.05, 4.69) is 40.5 Å². The predicted molar refractivity (Wildman–Crippen MR) is 360 cm³/mol. The van der Waals surface area contributed by atoms with Crippen molar-refractivity contribution in [3.63, 3.8) is 0 Å². The van der Waals surface area contributed by atoms with Crippen LogP contribution in [0, 0.1) is 0 Å². The number of benzene rings is 5. The lowest BCUT2D eigenvalue weighted by Crippen LogP contribution is -2.29. The third kappa shape index (κ3) is 24.6. The third-order valence-electron chi connectivity index (χ3n) is 12.2. The van der Waals surface area contributed by atoms with Crippen LogP contribution in [0.4, 0.5) is 11.6 Å². The van der Waals surface area contributed by atoms with Crippen LogP contribution in [0.2, 0.25) is 15.5 Å². The van der Waals surface area contributed by atoms with Crippen LogP contribution < -0.4 is 69.2 Å². The highest BCUT2D eigenvalue weighted by Gasteiger charge is 2.15. The lowest BCUT2D eigenvalue weighted by Gasteiger charge is -2.12. The van der Waals surface area contributed by atoms with E-state index in [0.717, 1.165) is 94.3 Å². The Hall–Kier alpha value is -7.20. The molecular formula is C61H75BCl3N9O12S3. The van der Waals surface area contributed by atoms with Crippen molar-refractivity contribution in [2.75, 3.05) is 120 Å². The maximum absolute atomic E-state index is 8.87. The monoisotopic (exact) mass is 1340 g/mol. The van der Waals surface area contributed by atoms with Crippen LogP contribution in [-0.2, 0) is 19.3 Å². The summed E-state index contributed by atoms with van der Waals surface area (Å²) in [7, 11) is 14.6. The normalized spacial score (nSPS) is 10.1. The lowest BCUT2D eigenvalue weighted by molar-refractivity contribution is 0.354. The van der Waals surface area contributed by atoms with Crippen molar-refractivity contribution in [3.05, 3.63) is 141 Å². The first kappa shape index (κ1) is 74.3. The molecule has 0 aliphatic heterocycles. The van der Waals surface area contributed by atoms with Crippen LogP contribution in [0.5, 0.6) is 57.5 Å². The molecule has 0 aliphatic rings. The van der Waals surface area contributed by atoms with Gasteiger partial charge in [-0.05, 0) is 133 Å². The van der Waals surface area contributed by atoms with E-state index in [9.17, 15) is 0 Å². The van der Waals surface area contributed by atoms with Crippen molar-refractivity contribution in [1.82, 2.24) is 29.9 Å². The Morgan fingerprint density at radius 3 is 1.12 bits per heavy atom. The molecule has 0 fully saturated rings. The van der Waals surface area contributed by atoms with Gasteiger partial charge in [0.2, 0.25) is 0 Å². The summed E-state index contributed by atoms with van der Waals surface area (Å²) in [6, 6.07) is 33.3. The molecule has 8 rings (SSSR count). The fourth-order valence-electron chi connectivity index (χ4n) is 7.75. The van der Waals surface area contributed by atoms with E-state index in [4.69, 9.17) is 98.0 Å². The Bertz CT molecular complexity index is 3430. The number of rotatable bonds is 25. The number of nitrogens with zero attached hydrogens (tertiary/aromatic N) is 6. The van der Waals surface area contributed by atoms with Gasteiger partial charge in [-0.1, -0.05) is 94.4 Å². The summed E-state index contributed by atoms with van der Waals surface area (Å²) in [6.07, 6.45) is 8.24. The molecular weight excluding hydrogens is 1260 g/mol. The van der Waals surface area contributed by atoms with Crippen LogP contribution >= 0.6 is 70.1 Å². The summed E-state index contributed by atoms with van der Waals surface area (Å²) in [4.78, 5) is 25.5. The molecule has 21 nitrogen and oxygen atoms in total. The largest absolute Gasteiger partial charge is 0.493 e. The fourth-order valence-corrected chi connectivity index (χ4v) is 9.64. The van der Waals surface area contributed by atoms with Gasteiger partial charge >= 0.3 is 7.12 Å². The highest BCUT2D eigenvalue weighted by Crippen LogP contribution is 2.34. The van der Waals surface area contributed by atoms with Gasteiger partial charge in [0.25, 0.3) is 0 Å². The predicted octanol–water partition coefficient (Wildman–Crippen LogP) is 11.2. The second kappa shape index (κ2) is 40.4. The van der Waals surface area contributed by atoms with Gasteiger partial charge in [0.1, 0.15) is 27.1 Å². The number of hydrogen-bond donors (Lipinski definition) is 5. The van der Waals surface area contributed by atoms with Gasteiger partial charge in [0.15, 0.2) is 73.0 Å². The highest BCUT2D eigenvalue weighted by atomic mass is 35.5. The van der Waals surface area contributed by atoms with E-state index in [1.807, 2.05) is 97.6 Å². The number of ether oxygens (including phenoxy) is 10. The summed E-state index contributed by atoms with van der Waals surface area (Å²) >= 11 is 21.5. The SMILES string of the molecule is COc1ccc(B(O)O)cc1OC.COc1ccc(CCN)cc1OC.COc1ccc(CCNc2cc(-c3ccc(OC)c(OC)c3)nc(SC)n2)cc1OC.COc1ccc(CCNc2cc(Cl)nc(SC)n2)cc1OC.CSc1nc(Cl)cc(Cl)n1. The van der Waals surface area contributed by atoms with Crippen LogP contribution in [0.1, 0.15) is 16.7 Å². The van der Waals surface area contributed by atoms with E-state index < -0.39 is 7.12 Å². The number of aromatic nitrogens is 6. The van der Waals surface area contributed by atoms with Crippen molar-refractivity contribution >= 4 is 94.3 Å². The molecule has 6 N–H and O–H groups in total. The Morgan fingerprint density at radius 1 is 0.393 bits per heavy atom. The van der Waals surface area contributed by atoms with E-state index in [0.29, 0.717) is 72.5 Å². The number of hydrogen-bond acceptors (Lipinski definition) is 24. The summed E-state index contributed by atoms with van der Waals surface area (Å²) in [6.45, 7) is 2.10. The first-order valence-electron chi connectivity index (χ1n) is 26.9. The Kier molecular flexibility index (Phi) is 33.7. The van der Waals surface area contributed by atoms with E-state index in [1.165, 1.54) is 67.2 Å². The van der Waals surface area contributed by atoms with Gasteiger partial charge in [-0.15, -0.1) is 0 Å². The van der Waals surface area contributed by atoms with Crippen molar-refractivity contribution in [2.24, 2.45) is 5.73 Å². The topological polar surface area (TPSA) is 260 Å². The first-order valence-corrected chi connectivity index (χ1v) is 31.7. The van der Waals surface area contributed by atoms with Crippen molar-refractivity contribution in [3.8, 4) is 68.8 Å². The zero-order chi connectivity index (χ0) is 65.3. The van der Waals surface area contributed by atoms with E-state index in [1.54, 1.807) is 75.1 Å². The van der Waals surface area contributed by atoms with Gasteiger partial charge in [0, 0.05) is 36.9 Å². The third-order valence-corrected chi connectivity index (χ3v) is 14.4. The molecule has 3 aromatic heterocycles. The molecule has 28 heteroatoms. The molecule has 3 heterocycles. The Morgan fingerprint density at radius 2 is 0.730 bits per heavy atom. The van der Waals surface area contributed by atoms with Crippen LogP contribution in [0.3, 0.4) is 0 Å². The zero-order valence-corrected chi connectivity index (χ0v) is 56.5. The molecule has 8 aromatic rings. The number of halogens is 3. The Balaban J connectivity index is 0.000000254. The minimum atomic E-state index is -1.49. The highest BCUT2D eigenvalue weighted by molar-refractivity contribution is 7.98. The smallest absolute Gasteiger partial charge is 0.488 e. The molecule has 0 bridgehead atoms. The summed E-state index contributed by atoms with van der Waals surface area (Å²) in [5, 5.41) is 27.5. The van der Waals surface area contributed by atoms with Gasteiger partial charge in [0.05, 0.1) is 76.8 Å². The number of thioether (sulfide) groups is 3. The minimum Gasteiger partial charge on any atom is -0.493 e. The van der Waals surface area contributed by atoms with Gasteiger partial charge in [-0.3, -0.25) is 0 Å². The minimum absolute atomic E-state index is 0.373.